The van der Waals surface area contributed by atoms with Gasteiger partial charge in [0.25, 0.3) is 0 Å². The van der Waals surface area contributed by atoms with Crippen molar-refractivity contribution in [1.82, 2.24) is 9.97 Å². The first-order chi connectivity index (χ1) is 7.81. The number of carbonyl (C=O) groups is 1. The van der Waals surface area contributed by atoms with Crippen LogP contribution in [0.1, 0.15) is 27.7 Å². The lowest BCUT2D eigenvalue weighted by atomic mass is 9.96. The van der Waals surface area contributed by atoms with Gasteiger partial charge in [-0.05, 0) is 6.07 Å². The Morgan fingerprint density at radius 2 is 2.06 bits per heavy atom. The van der Waals surface area contributed by atoms with E-state index >= 15 is 0 Å². The van der Waals surface area contributed by atoms with Gasteiger partial charge in [0.05, 0.1) is 6.07 Å². The highest BCUT2D eigenvalue weighted by Gasteiger charge is 2.21. The second-order valence-electron chi connectivity index (χ2n) is 4.22. The van der Waals surface area contributed by atoms with Crippen molar-refractivity contribution in [3.63, 3.8) is 0 Å². The maximum atomic E-state index is 11.5. The van der Waals surface area contributed by atoms with Crippen LogP contribution in [0.2, 0.25) is 0 Å². The largest absolute Gasteiger partial charge is 0.346 e. The van der Waals surface area contributed by atoms with Gasteiger partial charge in [0, 0.05) is 18.5 Å². The van der Waals surface area contributed by atoms with Gasteiger partial charge < -0.3 is 5.32 Å². The van der Waals surface area contributed by atoms with Crippen LogP contribution in [0, 0.1) is 16.7 Å². The average molecular weight is 236 g/mol. The fourth-order valence-electron chi connectivity index (χ4n) is 0.751. The fraction of sp³-hybridized carbons (Fsp3) is 0.455. The summed E-state index contributed by atoms with van der Waals surface area (Å²) in [5.41, 5.74) is -0.961. The minimum atomic E-state index is -0.486. The highest BCUT2D eigenvalue weighted by Crippen LogP contribution is 2.15. The van der Waals surface area contributed by atoms with Gasteiger partial charge >= 0.3 is 5.69 Å². The van der Waals surface area contributed by atoms with E-state index < -0.39 is 11.1 Å². The van der Waals surface area contributed by atoms with Gasteiger partial charge in [0.2, 0.25) is 5.91 Å². The molecule has 0 unspecified atom stereocenters. The first-order valence-electron chi connectivity index (χ1n) is 4.99. The summed E-state index contributed by atoms with van der Waals surface area (Å²) in [6.07, 6.45) is 1.34. The second kappa shape index (κ2) is 6.43. The van der Waals surface area contributed by atoms with Crippen LogP contribution in [-0.2, 0) is 4.79 Å². The van der Waals surface area contributed by atoms with Gasteiger partial charge in [-0.3, -0.25) is 9.78 Å². The number of nitrogens with one attached hydrogen (secondary N) is 2. The van der Waals surface area contributed by atoms with Crippen molar-refractivity contribution >= 4 is 11.7 Å². The number of rotatable bonds is 1. The molecule has 6 nitrogen and oxygen atoms in total. The topological polar surface area (TPSA) is 98.6 Å². The van der Waals surface area contributed by atoms with Crippen molar-refractivity contribution in [3.05, 3.63) is 22.7 Å². The molecular weight excluding hydrogens is 220 g/mol. The number of H-pyrrole nitrogens is 1. The molecule has 0 aliphatic heterocycles. The van der Waals surface area contributed by atoms with E-state index in [1.807, 2.05) is 0 Å². The standard InChI is InChI=1S/C9H13N3O2.C2H3N/c1-9(2,3)7(13)11-6-4-5-10-8(14)12-6;1-2-3/h4-5H,1-3H3,(H2,10,11,12,13,14);1H3. The minimum absolute atomic E-state index is 0.153. The van der Waals surface area contributed by atoms with Crippen molar-refractivity contribution < 1.29 is 4.79 Å². The number of hydrogen-bond donors (Lipinski definition) is 2. The Hall–Kier alpha value is -2.16. The summed E-state index contributed by atoms with van der Waals surface area (Å²) >= 11 is 0. The van der Waals surface area contributed by atoms with Crippen LogP contribution in [0.5, 0.6) is 0 Å². The van der Waals surface area contributed by atoms with Crippen LogP contribution in [0.4, 0.5) is 5.82 Å². The maximum absolute atomic E-state index is 11.5. The quantitative estimate of drug-likeness (QED) is 0.767. The Morgan fingerprint density at radius 1 is 1.53 bits per heavy atom. The summed E-state index contributed by atoms with van der Waals surface area (Å²) in [6, 6.07) is 3.28. The second-order valence-corrected chi connectivity index (χ2v) is 4.22. The number of anilines is 1. The fourth-order valence-corrected chi connectivity index (χ4v) is 0.751. The summed E-state index contributed by atoms with van der Waals surface area (Å²) in [6.45, 7) is 6.81. The van der Waals surface area contributed by atoms with Crippen molar-refractivity contribution in [3.8, 4) is 6.07 Å². The molecule has 0 atom stereocenters. The first-order valence-corrected chi connectivity index (χ1v) is 4.99. The van der Waals surface area contributed by atoms with Gasteiger partial charge in [-0.2, -0.15) is 5.26 Å². The molecule has 0 aliphatic carbocycles. The maximum Gasteiger partial charge on any atom is 0.346 e. The van der Waals surface area contributed by atoms with Gasteiger partial charge in [-0.15, -0.1) is 0 Å². The molecule has 2 N–H and O–H groups in total. The Kier molecular flexibility index (Phi) is 5.61. The van der Waals surface area contributed by atoms with Crippen LogP contribution in [0.3, 0.4) is 0 Å². The first kappa shape index (κ1) is 14.8. The molecule has 0 saturated carbocycles. The SMILES string of the molecule is CC#N.CC(C)(C)C(=O)Nc1ccnc(=O)[nH]1. The van der Waals surface area contributed by atoms with Crippen molar-refractivity contribution in [2.45, 2.75) is 27.7 Å². The summed E-state index contributed by atoms with van der Waals surface area (Å²) < 4.78 is 0. The molecule has 1 aromatic heterocycles. The lowest BCUT2D eigenvalue weighted by Gasteiger charge is -2.16. The molecule has 0 aliphatic rings. The van der Waals surface area contributed by atoms with Gasteiger partial charge in [0.15, 0.2) is 0 Å². The third-order valence-electron chi connectivity index (χ3n) is 1.60. The Labute approximate surface area is 99.7 Å². The number of amides is 1. The zero-order valence-corrected chi connectivity index (χ0v) is 10.4. The molecule has 0 aromatic carbocycles. The Bertz CT molecular complexity index is 465. The molecule has 0 radical (unpaired) electrons. The number of hydrogen-bond acceptors (Lipinski definition) is 4. The zero-order valence-electron chi connectivity index (χ0n) is 10.4. The van der Waals surface area contributed by atoms with E-state index in [2.05, 4.69) is 15.3 Å². The average Bonchev–Trinajstić information content (AvgIpc) is 2.17. The van der Waals surface area contributed by atoms with E-state index in [0.717, 1.165) is 0 Å². The Morgan fingerprint density at radius 3 is 2.47 bits per heavy atom. The van der Waals surface area contributed by atoms with Crippen molar-refractivity contribution in [1.29, 1.82) is 5.26 Å². The minimum Gasteiger partial charge on any atom is -0.312 e. The highest BCUT2D eigenvalue weighted by molar-refractivity contribution is 5.93. The summed E-state index contributed by atoms with van der Waals surface area (Å²) in [5.74, 6) is 0.212. The predicted molar refractivity (Wildman–Crippen MR) is 64.2 cm³/mol. The van der Waals surface area contributed by atoms with Crippen LogP contribution < -0.4 is 11.0 Å². The van der Waals surface area contributed by atoms with Crippen LogP contribution in [0.15, 0.2) is 17.1 Å². The normalized spacial score (nSPS) is 9.59. The molecule has 1 amide bonds. The number of nitriles is 1. The lowest BCUT2D eigenvalue weighted by Crippen LogP contribution is -2.29. The predicted octanol–water partition coefficient (Wildman–Crippen LogP) is 1.28. The zero-order chi connectivity index (χ0) is 13.5. The number of nitrogens with zero attached hydrogens (tertiary/aromatic N) is 2. The monoisotopic (exact) mass is 236 g/mol. The third-order valence-corrected chi connectivity index (χ3v) is 1.60. The van der Waals surface area contributed by atoms with E-state index in [0.29, 0.717) is 5.82 Å². The van der Waals surface area contributed by atoms with E-state index in [1.165, 1.54) is 19.2 Å². The van der Waals surface area contributed by atoms with Gasteiger partial charge in [-0.1, -0.05) is 20.8 Å². The molecule has 6 heteroatoms. The van der Waals surface area contributed by atoms with Gasteiger partial charge in [-0.25, -0.2) is 9.78 Å². The molecule has 1 rings (SSSR count). The van der Waals surface area contributed by atoms with Crippen molar-refractivity contribution in [2.75, 3.05) is 5.32 Å². The van der Waals surface area contributed by atoms with Crippen molar-refractivity contribution in [2.24, 2.45) is 5.41 Å². The van der Waals surface area contributed by atoms with E-state index in [4.69, 9.17) is 5.26 Å². The smallest absolute Gasteiger partial charge is 0.312 e. The molecule has 1 heterocycles. The third kappa shape index (κ3) is 6.10. The summed E-state index contributed by atoms with van der Waals surface area (Å²) in [7, 11) is 0. The number of aromatic nitrogens is 2. The van der Waals surface area contributed by atoms with Crippen LogP contribution in [0.25, 0.3) is 0 Å². The molecule has 17 heavy (non-hydrogen) atoms. The molecule has 1 aromatic rings. The summed E-state index contributed by atoms with van der Waals surface area (Å²) in [4.78, 5) is 28.2. The highest BCUT2D eigenvalue weighted by atomic mass is 16.2. The lowest BCUT2D eigenvalue weighted by molar-refractivity contribution is -0.123. The summed E-state index contributed by atoms with van der Waals surface area (Å²) in [5, 5.41) is 9.91. The molecular formula is C11H16N4O2. The van der Waals surface area contributed by atoms with E-state index in [9.17, 15) is 9.59 Å². The molecule has 92 valence electrons. The molecule has 0 fully saturated rings. The number of carbonyl (C=O) groups excluding carboxylic acids is 1. The number of aromatic amines is 1. The van der Waals surface area contributed by atoms with E-state index in [-0.39, 0.29) is 5.91 Å². The molecule has 0 saturated heterocycles. The molecule has 0 spiro atoms. The van der Waals surface area contributed by atoms with Crippen LogP contribution >= 0.6 is 0 Å². The van der Waals surface area contributed by atoms with E-state index in [1.54, 1.807) is 26.8 Å². The van der Waals surface area contributed by atoms with Crippen LogP contribution in [-0.4, -0.2) is 15.9 Å². The molecule has 0 bridgehead atoms. The van der Waals surface area contributed by atoms with Gasteiger partial charge in [0.1, 0.15) is 5.82 Å². The Balaban J connectivity index is 0.000000770.